The summed E-state index contributed by atoms with van der Waals surface area (Å²) in [5.74, 6) is 0. The van der Waals surface area contributed by atoms with Gasteiger partial charge in [-0.25, -0.2) is 0 Å². The van der Waals surface area contributed by atoms with Crippen LogP contribution in [0.4, 0.5) is 0 Å². The molecular formula is C14H28O. The van der Waals surface area contributed by atoms with Crippen LogP contribution in [0.2, 0.25) is 0 Å². The second-order valence-electron chi connectivity index (χ2n) is 3.71. The third-order valence-corrected chi connectivity index (χ3v) is 2.21. The van der Waals surface area contributed by atoms with E-state index in [4.69, 9.17) is 4.79 Å². The smallest absolute Gasteiger partial charge is 0.116 e. The fourth-order valence-electron chi connectivity index (χ4n) is 1.39. The molecule has 0 atom stereocenters. The Bertz CT molecular complexity index is 127. The first-order valence-corrected chi connectivity index (χ1v) is 6.34. The van der Waals surface area contributed by atoms with Crippen LogP contribution in [0.15, 0.2) is 12.2 Å². The lowest BCUT2D eigenvalue weighted by Gasteiger charge is -1.98. The van der Waals surface area contributed by atoms with E-state index in [9.17, 15) is 0 Å². The minimum Gasteiger partial charge on any atom is -0.304 e. The summed E-state index contributed by atoms with van der Waals surface area (Å²) in [6.07, 6.45) is 16.4. The summed E-state index contributed by atoms with van der Waals surface area (Å²) < 4.78 is 0. The lowest BCUT2D eigenvalue weighted by molar-refractivity contribution is -0.106. The van der Waals surface area contributed by atoms with Crippen LogP contribution in [0.3, 0.4) is 0 Å². The summed E-state index contributed by atoms with van der Waals surface area (Å²) in [7, 11) is 0. The quantitative estimate of drug-likeness (QED) is 0.317. The number of rotatable bonds is 8. The largest absolute Gasteiger partial charge is 0.304 e. The standard InChI is InChI=1S/C12H24.C2H4O/c1-3-5-7-9-11-12-10-8-6-4-2;1-2-3/h3,5H,4,6-12H2,1-2H3;2H,1H3/b5-3-;. The van der Waals surface area contributed by atoms with Crippen molar-refractivity contribution in [3.63, 3.8) is 0 Å². The van der Waals surface area contributed by atoms with Crippen LogP contribution in [-0.4, -0.2) is 6.29 Å². The lowest BCUT2D eigenvalue weighted by atomic mass is 10.1. The van der Waals surface area contributed by atoms with E-state index in [0.717, 1.165) is 6.29 Å². The van der Waals surface area contributed by atoms with Gasteiger partial charge < -0.3 is 4.79 Å². The predicted octanol–water partition coefficient (Wildman–Crippen LogP) is 4.91. The Hall–Kier alpha value is -0.590. The SMILES string of the molecule is C/C=C\CCCCCCCCC.CC=O. The first kappa shape index (κ1) is 16.8. The number of unbranched alkanes of at least 4 members (excludes halogenated alkanes) is 7. The van der Waals surface area contributed by atoms with Crippen molar-refractivity contribution in [2.24, 2.45) is 0 Å². The molecule has 0 saturated heterocycles. The van der Waals surface area contributed by atoms with Crippen molar-refractivity contribution in [2.45, 2.75) is 72.1 Å². The molecule has 1 heteroatoms. The molecule has 0 radical (unpaired) electrons. The average Bonchev–Trinajstić information content (AvgIpc) is 2.23. The van der Waals surface area contributed by atoms with Crippen LogP contribution >= 0.6 is 0 Å². The topological polar surface area (TPSA) is 17.1 Å². The molecule has 0 spiro atoms. The van der Waals surface area contributed by atoms with E-state index in [1.807, 2.05) is 0 Å². The Kier molecular flexibility index (Phi) is 21.4. The molecule has 0 aliphatic rings. The highest BCUT2D eigenvalue weighted by Crippen LogP contribution is 2.08. The predicted molar refractivity (Wildman–Crippen MR) is 69.2 cm³/mol. The first-order chi connectivity index (χ1) is 7.33. The molecule has 0 aliphatic heterocycles. The highest BCUT2D eigenvalue weighted by Gasteiger charge is 1.88. The van der Waals surface area contributed by atoms with Gasteiger partial charge in [-0.3, -0.25) is 0 Å². The molecule has 0 amide bonds. The zero-order chi connectivity index (χ0) is 11.8. The van der Waals surface area contributed by atoms with Gasteiger partial charge in [0.1, 0.15) is 6.29 Å². The maximum atomic E-state index is 8.81. The first-order valence-electron chi connectivity index (χ1n) is 6.34. The van der Waals surface area contributed by atoms with E-state index in [1.54, 1.807) is 0 Å². The van der Waals surface area contributed by atoms with Gasteiger partial charge in [0, 0.05) is 0 Å². The Morgan fingerprint density at radius 3 is 1.80 bits per heavy atom. The van der Waals surface area contributed by atoms with Crippen molar-refractivity contribution < 1.29 is 4.79 Å². The van der Waals surface area contributed by atoms with E-state index in [-0.39, 0.29) is 0 Å². The third kappa shape index (κ3) is 24.7. The highest BCUT2D eigenvalue weighted by atomic mass is 16.1. The molecule has 0 unspecified atom stereocenters. The number of hydrogen-bond donors (Lipinski definition) is 0. The average molecular weight is 212 g/mol. The molecule has 0 aromatic heterocycles. The Morgan fingerprint density at radius 2 is 1.33 bits per heavy atom. The van der Waals surface area contributed by atoms with Crippen molar-refractivity contribution in [3.8, 4) is 0 Å². The van der Waals surface area contributed by atoms with Crippen LogP contribution in [0, 0.1) is 0 Å². The Balaban J connectivity index is 0. The fourth-order valence-corrected chi connectivity index (χ4v) is 1.39. The molecule has 1 nitrogen and oxygen atoms in total. The monoisotopic (exact) mass is 212 g/mol. The van der Waals surface area contributed by atoms with Crippen molar-refractivity contribution in [2.75, 3.05) is 0 Å². The van der Waals surface area contributed by atoms with Gasteiger partial charge in [-0.2, -0.15) is 0 Å². The van der Waals surface area contributed by atoms with Crippen LogP contribution in [0.25, 0.3) is 0 Å². The number of carbonyl (C=O) groups is 1. The van der Waals surface area contributed by atoms with Crippen LogP contribution in [0.1, 0.15) is 72.1 Å². The third-order valence-electron chi connectivity index (χ3n) is 2.21. The summed E-state index contributed by atoms with van der Waals surface area (Å²) in [5.41, 5.74) is 0. The summed E-state index contributed by atoms with van der Waals surface area (Å²) in [5, 5.41) is 0. The maximum absolute atomic E-state index is 8.81. The van der Waals surface area contributed by atoms with E-state index in [1.165, 1.54) is 58.3 Å². The lowest BCUT2D eigenvalue weighted by Crippen LogP contribution is -1.78. The van der Waals surface area contributed by atoms with Gasteiger partial charge in [0.25, 0.3) is 0 Å². The van der Waals surface area contributed by atoms with Gasteiger partial charge in [-0.15, -0.1) is 0 Å². The zero-order valence-electron chi connectivity index (χ0n) is 10.8. The van der Waals surface area contributed by atoms with Crippen LogP contribution in [-0.2, 0) is 4.79 Å². The summed E-state index contributed by atoms with van der Waals surface area (Å²) in [6.45, 7) is 5.81. The van der Waals surface area contributed by atoms with Gasteiger partial charge in [0.05, 0.1) is 0 Å². The number of aldehydes is 1. The molecule has 0 N–H and O–H groups in total. The number of allylic oxidation sites excluding steroid dienone is 2. The number of carbonyl (C=O) groups excluding carboxylic acids is 1. The second-order valence-corrected chi connectivity index (χ2v) is 3.71. The minimum absolute atomic E-state index is 0.750. The fraction of sp³-hybridized carbons (Fsp3) is 0.786. The van der Waals surface area contributed by atoms with Gasteiger partial charge >= 0.3 is 0 Å². The molecule has 0 aliphatic carbocycles. The maximum Gasteiger partial charge on any atom is 0.116 e. The molecule has 0 heterocycles. The molecule has 0 fully saturated rings. The Morgan fingerprint density at radius 1 is 0.867 bits per heavy atom. The van der Waals surface area contributed by atoms with E-state index < -0.39 is 0 Å². The van der Waals surface area contributed by atoms with E-state index >= 15 is 0 Å². The molecule has 0 aromatic rings. The Labute approximate surface area is 96.0 Å². The summed E-state index contributed by atoms with van der Waals surface area (Å²) >= 11 is 0. The van der Waals surface area contributed by atoms with Crippen molar-refractivity contribution in [1.82, 2.24) is 0 Å². The summed E-state index contributed by atoms with van der Waals surface area (Å²) in [6, 6.07) is 0. The van der Waals surface area contributed by atoms with Gasteiger partial charge in [-0.05, 0) is 26.7 Å². The molecule has 0 saturated carbocycles. The molecular weight excluding hydrogens is 184 g/mol. The molecule has 0 aromatic carbocycles. The number of hydrogen-bond acceptors (Lipinski definition) is 1. The molecule has 0 bridgehead atoms. The van der Waals surface area contributed by atoms with Crippen molar-refractivity contribution >= 4 is 6.29 Å². The zero-order valence-corrected chi connectivity index (χ0v) is 10.8. The van der Waals surface area contributed by atoms with Crippen molar-refractivity contribution in [3.05, 3.63) is 12.2 Å². The van der Waals surface area contributed by atoms with E-state index in [0.29, 0.717) is 0 Å². The highest BCUT2D eigenvalue weighted by molar-refractivity contribution is 5.44. The molecule has 0 rings (SSSR count). The van der Waals surface area contributed by atoms with E-state index in [2.05, 4.69) is 26.0 Å². The van der Waals surface area contributed by atoms with Crippen LogP contribution < -0.4 is 0 Å². The van der Waals surface area contributed by atoms with Gasteiger partial charge in [-0.1, -0.05) is 57.6 Å². The minimum atomic E-state index is 0.750. The summed E-state index contributed by atoms with van der Waals surface area (Å²) in [4.78, 5) is 8.81. The van der Waals surface area contributed by atoms with Crippen LogP contribution in [0.5, 0.6) is 0 Å². The van der Waals surface area contributed by atoms with Gasteiger partial charge in [0.15, 0.2) is 0 Å². The second kappa shape index (κ2) is 19.1. The van der Waals surface area contributed by atoms with Crippen molar-refractivity contribution in [1.29, 1.82) is 0 Å². The van der Waals surface area contributed by atoms with Gasteiger partial charge in [0.2, 0.25) is 0 Å². The molecule has 15 heavy (non-hydrogen) atoms. The molecule has 90 valence electrons. The normalized spacial score (nSPS) is 9.80.